The van der Waals surface area contributed by atoms with Gasteiger partial charge in [0.2, 0.25) is 0 Å². The third-order valence-corrected chi connectivity index (χ3v) is 9.40. The van der Waals surface area contributed by atoms with Crippen molar-refractivity contribution >= 4 is 17.9 Å². The third-order valence-electron chi connectivity index (χ3n) is 9.40. The first-order chi connectivity index (χ1) is 24.4. The van der Waals surface area contributed by atoms with Crippen molar-refractivity contribution in [1.82, 2.24) is 0 Å². The number of carbonyl (C=O) groups excluding carboxylic acids is 3. The van der Waals surface area contributed by atoms with E-state index < -0.39 is 42.3 Å². The lowest BCUT2D eigenvalue weighted by molar-refractivity contribution is -0.165. The largest absolute Gasteiger partial charge is 0.461 e. The van der Waals surface area contributed by atoms with Crippen molar-refractivity contribution in [2.75, 3.05) is 13.2 Å². The maximum absolute atomic E-state index is 12.6. The van der Waals surface area contributed by atoms with Crippen molar-refractivity contribution in [2.45, 2.75) is 182 Å². The van der Waals surface area contributed by atoms with Crippen molar-refractivity contribution < 1.29 is 43.9 Å². The van der Waals surface area contributed by atoms with E-state index in [2.05, 4.69) is 20.8 Å². The van der Waals surface area contributed by atoms with Crippen LogP contribution in [-0.2, 0) is 28.6 Å². The Morgan fingerprint density at radius 3 is 1.12 bits per heavy atom. The Morgan fingerprint density at radius 2 is 0.804 bits per heavy atom. The van der Waals surface area contributed by atoms with Gasteiger partial charge in [0.25, 0.3) is 0 Å². The van der Waals surface area contributed by atoms with Gasteiger partial charge < -0.3 is 29.5 Å². The summed E-state index contributed by atoms with van der Waals surface area (Å²) in [5, 5.41) is 31.2. The second-order valence-corrected chi connectivity index (χ2v) is 14.3. The molecule has 9 nitrogen and oxygen atoms in total. The zero-order valence-corrected chi connectivity index (χ0v) is 32.9. The van der Waals surface area contributed by atoms with Crippen LogP contribution in [0.1, 0.15) is 157 Å². The number of ether oxygens (including phenoxy) is 3. The quantitative estimate of drug-likeness (QED) is 0.0269. The zero-order valence-electron chi connectivity index (χ0n) is 32.9. The highest BCUT2D eigenvalue weighted by Gasteiger charge is 2.19. The van der Waals surface area contributed by atoms with Gasteiger partial charge in [-0.25, -0.2) is 0 Å². The minimum Gasteiger partial charge on any atom is -0.461 e. The molecule has 0 amide bonds. The molecule has 0 aromatic heterocycles. The number of carbonyl (C=O) groups is 3. The van der Waals surface area contributed by atoms with Gasteiger partial charge in [-0.1, -0.05) is 136 Å². The van der Waals surface area contributed by atoms with E-state index in [1.807, 2.05) is 20.8 Å². The zero-order chi connectivity index (χ0) is 38.3. The van der Waals surface area contributed by atoms with Crippen molar-refractivity contribution in [1.29, 1.82) is 0 Å². The predicted molar refractivity (Wildman–Crippen MR) is 205 cm³/mol. The minimum absolute atomic E-state index is 0.00676. The molecule has 0 aliphatic carbocycles. The van der Waals surface area contributed by atoms with Gasteiger partial charge in [0.1, 0.15) is 13.2 Å². The lowest BCUT2D eigenvalue weighted by atomic mass is 9.95. The van der Waals surface area contributed by atoms with Crippen molar-refractivity contribution in [3.05, 3.63) is 36.5 Å². The molecule has 0 bridgehead atoms. The fourth-order valence-corrected chi connectivity index (χ4v) is 5.51. The summed E-state index contributed by atoms with van der Waals surface area (Å²) in [7, 11) is 0. The first kappa shape index (κ1) is 48.5. The molecular formula is C42H74O9. The number of rotatable bonds is 32. The molecule has 0 saturated carbocycles. The summed E-state index contributed by atoms with van der Waals surface area (Å²) < 4.78 is 16.2. The maximum Gasteiger partial charge on any atom is 0.310 e. The molecular weight excluding hydrogens is 648 g/mol. The number of esters is 3. The average molecular weight is 723 g/mol. The summed E-state index contributed by atoms with van der Waals surface area (Å²) in [6.07, 6.45) is 22.1. The first-order valence-electron chi connectivity index (χ1n) is 19.9. The molecule has 0 saturated heterocycles. The highest BCUT2D eigenvalue weighted by molar-refractivity contribution is 5.73. The van der Waals surface area contributed by atoms with Gasteiger partial charge in [-0.05, 0) is 56.3 Å². The smallest absolute Gasteiger partial charge is 0.310 e. The molecule has 6 atom stereocenters. The van der Waals surface area contributed by atoms with Crippen LogP contribution < -0.4 is 0 Å². The van der Waals surface area contributed by atoms with Crippen molar-refractivity contribution in [3.8, 4) is 0 Å². The Morgan fingerprint density at radius 1 is 0.490 bits per heavy atom. The fourth-order valence-electron chi connectivity index (χ4n) is 5.51. The van der Waals surface area contributed by atoms with E-state index >= 15 is 0 Å². The van der Waals surface area contributed by atoms with Crippen LogP contribution >= 0.6 is 0 Å². The highest BCUT2D eigenvalue weighted by atomic mass is 16.6. The molecule has 51 heavy (non-hydrogen) atoms. The van der Waals surface area contributed by atoms with Gasteiger partial charge in [0.05, 0.1) is 37.6 Å². The van der Waals surface area contributed by atoms with Crippen LogP contribution in [0.25, 0.3) is 0 Å². The van der Waals surface area contributed by atoms with E-state index in [9.17, 15) is 29.7 Å². The summed E-state index contributed by atoms with van der Waals surface area (Å²) in [5.41, 5.74) is 0. The van der Waals surface area contributed by atoms with Crippen LogP contribution in [-0.4, -0.2) is 70.9 Å². The van der Waals surface area contributed by atoms with Gasteiger partial charge >= 0.3 is 17.9 Å². The number of hydrogen-bond acceptors (Lipinski definition) is 9. The first-order valence-corrected chi connectivity index (χ1v) is 19.9. The monoisotopic (exact) mass is 723 g/mol. The Hall–Kier alpha value is -2.49. The Balaban J connectivity index is 4.99. The Bertz CT molecular complexity index is 923. The summed E-state index contributed by atoms with van der Waals surface area (Å²) in [4.78, 5) is 37.5. The molecule has 0 aromatic carbocycles. The normalized spacial score (nSPS) is 16.2. The van der Waals surface area contributed by atoms with E-state index in [0.29, 0.717) is 19.3 Å². The van der Waals surface area contributed by atoms with E-state index in [1.54, 1.807) is 36.5 Å². The molecule has 9 heteroatoms. The molecule has 6 unspecified atom stereocenters. The SMILES string of the molecule is CCCCCC(C)C(O)C/C=C/CC(=O)OCC(COC(=O)C/C=C/CC(O)C(C)CCCCC)OC(=O)C/C=C/CC(O)C(C)CCCCC. The van der Waals surface area contributed by atoms with Crippen molar-refractivity contribution in [2.24, 2.45) is 17.8 Å². The summed E-state index contributed by atoms with van der Waals surface area (Å²) in [6.45, 7) is 12.0. The lowest BCUT2D eigenvalue weighted by Crippen LogP contribution is -2.30. The fraction of sp³-hybridized carbons (Fsp3) is 0.786. The number of hydrogen-bond donors (Lipinski definition) is 3. The standard InChI is InChI=1S/C42H74O9/c1-7-10-13-22-33(4)37(43)25-16-19-28-40(46)49-31-36(51-42(48)30-21-18-27-39(45)35(6)24-15-12-9-3)32-50-41(47)29-20-17-26-38(44)34(5)23-14-11-8-2/h16-21,33-39,43-45H,7-15,22-32H2,1-6H3/b19-16+,20-17+,21-18+. The van der Waals surface area contributed by atoms with Crippen LogP contribution in [0.3, 0.4) is 0 Å². The van der Waals surface area contributed by atoms with Crippen LogP contribution in [0.15, 0.2) is 36.5 Å². The Kier molecular flexibility index (Phi) is 30.6. The van der Waals surface area contributed by atoms with Gasteiger partial charge in [0.15, 0.2) is 6.10 Å². The molecule has 0 rings (SSSR count). The predicted octanol–water partition coefficient (Wildman–Crippen LogP) is 8.73. The molecule has 0 spiro atoms. The second-order valence-electron chi connectivity index (χ2n) is 14.3. The van der Waals surface area contributed by atoms with E-state index in [1.165, 1.54) is 0 Å². The third kappa shape index (κ3) is 27.8. The van der Waals surface area contributed by atoms with Gasteiger partial charge in [-0.2, -0.15) is 0 Å². The number of unbranched alkanes of at least 4 members (excludes halogenated alkanes) is 6. The summed E-state index contributed by atoms with van der Waals surface area (Å²) >= 11 is 0. The van der Waals surface area contributed by atoms with Crippen LogP contribution in [0, 0.1) is 17.8 Å². The van der Waals surface area contributed by atoms with Crippen molar-refractivity contribution in [3.63, 3.8) is 0 Å². The lowest BCUT2D eigenvalue weighted by Gasteiger charge is -2.18. The van der Waals surface area contributed by atoms with Gasteiger partial charge in [-0.15, -0.1) is 0 Å². The molecule has 296 valence electrons. The van der Waals surface area contributed by atoms with Gasteiger partial charge in [0, 0.05) is 0 Å². The summed E-state index contributed by atoms with van der Waals surface area (Å²) in [5.74, 6) is -1.11. The molecule has 0 radical (unpaired) electrons. The topological polar surface area (TPSA) is 140 Å². The number of aliphatic hydroxyl groups excluding tert-OH is 3. The molecule has 0 aromatic rings. The maximum atomic E-state index is 12.6. The average Bonchev–Trinajstić information content (AvgIpc) is 3.11. The van der Waals surface area contributed by atoms with E-state index in [4.69, 9.17) is 14.2 Å². The van der Waals surface area contributed by atoms with E-state index in [0.717, 1.165) is 77.0 Å². The van der Waals surface area contributed by atoms with E-state index in [-0.39, 0.29) is 50.2 Å². The minimum atomic E-state index is -0.993. The molecule has 0 fully saturated rings. The molecule has 0 aliphatic rings. The van der Waals surface area contributed by atoms with Crippen LogP contribution in [0.5, 0.6) is 0 Å². The Labute approximate surface area is 310 Å². The second kappa shape index (κ2) is 32.2. The van der Waals surface area contributed by atoms with Crippen LogP contribution in [0.4, 0.5) is 0 Å². The molecule has 0 heterocycles. The molecule has 3 N–H and O–H groups in total. The summed E-state index contributed by atoms with van der Waals surface area (Å²) in [6, 6.07) is 0. The molecule has 0 aliphatic heterocycles. The highest BCUT2D eigenvalue weighted by Crippen LogP contribution is 2.18. The van der Waals surface area contributed by atoms with Crippen LogP contribution in [0.2, 0.25) is 0 Å². The number of aliphatic hydroxyl groups is 3. The van der Waals surface area contributed by atoms with Gasteiger partial charge in [-0.3, -0.25) is 14.4 Å².